The molecule has 1 aromatic carbocycles. The number of nitrogens with two attached hydrogens (primary N) is 3. The van der Waals surface area contributed by atoms with Crippen molar-refractivity contribution in [2.45, 2.75) is 67.7 Å². The molecule has 1 unspecified atom stereocenters. The van der Waals surface area contributed by atoms with E-state index in [1.165, 1.54) is 11.9 Å². The molecule has 10 N–H and O–H groups in total. The normalized spacial score (nSPS) is 28.6. The van der Waals surface area contributed by atoms with E-state index in [9.17, 15) is 24.3 Å². The van der Waals surface area contributed by atoms with Gasteiger partial charge in [0.1, 0.15) is 17.7 Å². The van der Waals surface area contributed by atoms with E-state index in [1.54, 1.807) is 6.07 Å². The number of rotatable bonds is 13. The van der Waals surface area contributed by atoms with Gasteiger partial charge in [-0.3, -0.25) is 30.8 Å². The molecule has 2 heterocycles. The van der Waals surface area contributed by atoms with E-state index in [-0.39, 0.29) is 49.6 Å². The molecule has 5 rings (SSSR count). The number of ether oxygens (including phenoxy) is 2. The zero-order chi connectivity index (χ0) is 34.1. The van der Waals surface area contributed by atoms with Crippen molar-refractivity contribution in [2.24, 2.45) is 17.2 Å². The minimum Gasteiger partial charge on any atom is -0.477 e. The first-order valence-electron chi connectivity index (χ1n) is 16.2. The van der Waals surface area contributed by atoms with Crippen molar-refractivity contribution in [3.63, 3.8) is 0 Å². The molecule has 2 bridgehead atoms. The van der Waals surface area contributed by atoms with Crippen molar-refractivity contribution >= 4 is 29.7 Å². The van der Waals surface area contributed by atoms with Crippen molar-refractivity contribution in [2.75, 3.05) is 53.4 Å². The van der Waals surface area contributed by atoms with E-state index in [2.05, 4.69) is 29.3 Å². The van der Waals surface area contributed by atoms with Gasteiger partial charge in [-0.2, -0.15) is 0 Å². The number of Topliss-reactive ketones (excluding diaryl/α,β-unsaturated/α-hetero) is 1. The number of piperidine rings is 1. The number of ketones is 1. The van der Waals surface area contributed by atoms with Crippen LogP contribution in [0, 0.1) is 0 Å². The number of likely N-dealkylation sites (N-methyl/N-ethyl adjacent to an activating group) is 2. The number of likely N-dealkylation sites (tertiary alicyclic amines) is 1. The van der Waals surface area contributed by atoms with Crippen LogP contribution < -0.4 is 42.3 Å². The Hall–Kier alpha value is -4.21. The van der Waals surface area contributed by atoms with Crippen molar-refractivity contribution in [1.29, 1.82) is 0 Å². The molecule has 15 heteroatoms. The number of nitrogens with one attached hydrogen (secondary N) is 3. The van der Waals surface area contributed by atoms with Crippen LogP contribution >= 0.6 is 0 Å². The van der Waals surface area contributed by atoms with E-state index in [4.69, 9.17) is 26.7 Å². The van der Waals surface area contributed by atoms with Crippen LogP contribution in [0.4, 0.5) is 4.79 Å². The van der Waals surface area contributed by atoms with Crippen molar-refractivity contribution < 1.29 is 43.2 Å². The quantitative estimate of drug-likeness (QED) is 0.0371. The minimum atomic E-state index is -1.16. The number of carbonyl (C=O) groups is 4. The summed E-state index contributed by atoms with van der Waals surface area (Å²) in [4.78, 5) is 55.3. The van der Waals surface area contributed by atoms with E-state index in [0.717, 1.165) is 17.7 Å². The van der Waals surface area contributed by atoms with Crippen LogP contribution in [0.1, 0.15) is 43.2 Å². The summed E-state index contributed by atoms with van der Waals surface area (Å²) in [6, 6.07) is 2.63. The van der Waals surface area contributed by atoms with Gasteiger partial charge in [0.25, 0.3) is 0 Å². The highest BCUT2D eigenvalue weighted by Crippen LogP contribution is 2.65. The van der Waals surface area contributed by atoms with Crippen LogP contribution in [-0.2, 0) is 26.2 Å². The number of quaternary nitrogens is 1. The van der Waals surface area contributed by atoms with Gasteiger partial charge in [-0.25, -0.2) is 4.79 Å². The first-order chi connectivity index (χ1) is 22.3. The lowest BCUT2D eigenvalue weighted by atomic mass is 9.48. The van der Waals surface area contributed by atoms with E-state index < -0.39 is 41.1 Å². The Kier molecular flexibility index (Phi) is 9.53. The summed E-state index contributed by atoms with van der Waals surface area (Å²) < 4.78 is 12.8. The number of aliphatic hydroxyl groups is 1. The Morgan fingerprint density at radius 1 is 1.32 bits per heavy atom. The third-order valence-electron chi connectivity index (χ3n) is 10.5. The number of hydrogen-bond donors (Lipinski definition) is 7. The number of carbonyl (C=O) groups excluding carboxylic acids is 4. The fourth-order valence-corrected chi connectivity index (χ4v) is 8.21. The van der Waals surface area contributed by atoms with Gasteiger partial charge in [0.15, 0.2) is 23.4 Å². The molecule has 256 valence electrons. The van der Waals surface area contributed by atoms with E-state index >= 15 is 0 Å². The molecular weight excluding hydrogens is 608 g/mol. The lowest BCUT2D eigenvalue weighted by Crippen LogP contribution is -2.80. The van der Waals surface area contributed by atoms with Crippen LogP contribution in [0.5, 0.6) is 11.5 Å². The summed E-state index contributed by atoms with van der Waals surface area (Å²) >= 11 is 0. The molecule has 2 aliphatic heterocycles. The summed E-state index contributed by atoms with van der Waals surface area (Å²) in [5.41, 5.74) is 15.9. The lowest BCUT2D eigenvalue weighted by Gasteiger charge is -2.64. The fourth-order valence-electron chi connectivity index (χ4n) is 8.21. The lowest BCUT2D eigenvalue weighted by molar-refractivity contribution is -0.944. The predicted molar refractivity (Wildman–Crippen MR) is 171 cm³/mol. The highest BCUT2D eigenvalue weighted by molar-refractivity contribution is 5.90. The number of guanidine groups is 1. The van der Waals surface area contributed by atoms with Gasteiger partial charge in [0, 0.05) is 45.0 Å². The van der Waals surface area contributed by atoms with Gasteiger partial charge in [0.05, 0.1) is 38.6 Å². The maximum atomic E-state index is 13.3. The third-order valence-corrected chi connectivity index (χ3v) is 10.5. The average molecular weight is 657 g/mol. The monoisotopic (exact) mass is 656 g/mol. The SMILES string of the molecule is C=CC[N+]1(C)CC[C@]23c4c5ccc(OC(=O)N(C)CCNC(=O)[C@H](CCC[NH+]=C(N)N)NC(=O)CN)c4O[C@H]2C(=O)CC[C@@]3(O)[C@H]1C5. The Morgan fingerprint density at radius 3 is 2.79 bits per heavy atom. The molecule has 2 fully saturated rings. The van der Waals surface area contributed by atoms with Gasteiger partial charge >= 0.3 is 12.1 Å². The molecular formula is C32H48N8O7+2. The molecule has 2 aliphatic carbocycles. The summed E-state index contributed by atoms with van der Waals surface area (Å²) in [6.07, 6.45) is 2.89. The second-order valence-electron chi connectivity index (χ2n) is 13.4. The van der Waals surface area contributed by atoms with Crippen LogP contribution in [0.3, 0.4) is 0 Å². The first kappa shape index (κ1) is 34.1. The number of amides is 3. The third kappa shape index (κ3) is 5.91. The molecule has 1 spiro atoms. The van der Waals surface area contributed by atoms with Crippen molar-refractivity contribution in [1.82, 2.24) is 15.5 Å². The first-order valence-corrected chi connectivity index (χ1v) is 16.2. The Labute approximate surface area is 274 Å². The fraction of sp³-hybridized carbons (Fsp3) is 0.594. The molecule has 1 aromatic rings. The van der Waals surface area contributed by atoms with Gasteiger partial charge < -0.3 is 40.3 Å². The molecule has 1 saturated carbocycles. The zero-order valence-corrected chi connectivity index (χ0v) is 27.2. The summed E-state index contributed by atoms with van der Waals surface area (Å²) in [5.74, 6) is -0.369. The number of hydrogen-bond acceptors (Lipinski definition) is 8. The molecule has 4 aliphatic rings. The van der Waals surface area contributed by atoms with Gasteiger partial charge in [-0.05, 0) is 37.0 Å². The van der Waals surface area contributed by atoms with E-state index in [0.29, 0.717) is 55.4 Å². The van der Waals surface area contributed by atoms with Gasteiger partial charge in [-0.15, -0.1) is 0 Å². The summed E-state index contributed by atoms with van der Waals surface area (Å²) in [7, 11) is 3.68. The molecule has 0 aromatic heterocycles. The molecule has 0 radical (unpaired) electrons. The number of benzene rings is 1. The molecule has 47 heavy (non-hydrogen) atoms. The van der Waals surface area contributed by atoms with Crippen LogP contribution in [0.25, 0.3) is 0 Å². The highest BCUT2D eigenvalue weighted by Gasteiger charge is 2.76. The maximum absolute atomic E-state index is 13.3. The van der Waals surface area contributed by atoms with Crippen LogP contribution in [0.2, 0.25) is 0 Å². The van der Waals surface area contributed by atoms with Crippen LogP contribution in [-0.4, -0.2) is 121 Å². The molecule has 15 nitrogen and oxygen atoms in total. The second-order valence-corrected chi connectivity index (χ2v) is 13.4. The molecule has 1 saturated heterocycles. The highest BCUT2D eigenvalue weighted by atomic mass is 16.6. The Bertz CT molecular complexity index is 1480. The summed E-state index contributed by atoms with van der Waals surface area (Å²) in [5, 5.41) is 17.8. The largest absolute Gasteiger partial charge is 0.477 e. The number of nitrogens with zero attached hydrogens (tertiary/aromatic N) is 2. The Balaban J connectivity index is 1.27. The molecule has 3 amide bonds. The molecule has 6 atom stereocenters. The van der Waals surface area contributed by atoms with Gasteiger partial charge in [0.2, 0.25) is 11.8 Å². The van der Waals surface area contributed by atoms with Crippen molar-refractivity contribution in [3.8, 4) is 11.5 Å². The van der Waals surface area contributed by atoms with Crippen LogP contribution in [0.15, 0.2) is 24.8 Å². The maximum Gasteiger partial charge on any atom is 0.415 e. The van der Waals surface area contributed by atoms with E-state index in [1.807, 2.05) is 12.1 Å². The Morgan fingerprint density at radius 2 is 2.09 bits per heavy atom. The van der Waals surface area contributed by atoms with Gasteiger partial charge in [-0.1, -0.05) is 12.6 Å². The smallest absolute Gasteiger partial charge is 0.415 e. The standard InChI is InChI=1S/C32H46N8O7/c1-4-15-40(3)16-11-31-25-19-7-8-22(26(25)47-27(31)21(41)9-10-32(31,45)23(40)17-19)46-30(44)39(2)14-13-36-28(43)20(38-24(42)18-33)6-5-12-37-29(34)35/h4,7-8,20,23,27,45H,1,5-6,9-18,33H2,2-3H3,(H5-,34,35,36,37,38,42,43)/p+2/t20-,23+,27-,31-,32+,40?/m0/s1. The topological polar surface area (TPSA) is 226 Å². The minimum absolute atomic E-state index is 0.0542. The second kappa shape index (κ2) is 13.1. The predicted octanol–water partition coefficient (Wildman–Crippen LogP) is -3.14. The zero-order valence-electron chi connectivity index (χ0n) is 27.2. The average Bonchev–Trinajstić information content (AvgIpc) is 3.40. The van der Waals surface area contributed by atoms with Crippen molar-refractivity contribution in [3.05, 3.63) is 35.9 Å². The summed E-state index contributed by atoms with van der Waals surface area (Å²) in [6.45, 7) is 5.75.